The van der Waals surface area contributed by atoms with Crippen LogP contribution in [-0.4, -0.2) is 33.9 Å². The maximum absolute atomic E-state index is 10.3. The van der Waals surface area contributed by atoms with Crippen LogP contribution in [0.15, 0.2) is 24.3 Å². The van der Waals surface area contributed by atoms with Crippen LogP contribution in [-0.2, 0) is 0 Å². The van der Waals surface area contributed by atoms with Gasteiger partial charge < -0.3 is 15.3 Å². The minimum Gasteiger partial charge on any atom is -0.478 e. The molecule has 5 nitrogen and oxygen atoms in total. The predicted molar refractivity (Wildman–Crippen MR) is 74.0 cm³/mol. The highest BCUT2D eigenvalue weighted by molar-refractivity contribution is 5.91. The standard InChI is InChI=1S/C8H6O4.C7H14O/c9-7(10)5-1-2-6(4-3-5)8(11)12;8-6-7-4-2-1-3-5-7/h1-4H,(H,9,10)(H,11,12);7-8H,1-6H2. The van der Waals surface area contributed by atoms with Gasteiger partial charge in [-0.25, -0.2) is 9.59 Å². The highest BCUT2D eigenvalue weighted by Gasteiger charge is 2.10. The van der Waals surface area contributed by atoms with Crippen LogP contribution in [0.25, 0.3) is 0 Å². The lowest BCUT2D eigenvalue weighted by Crippen LogP contribution is -2.09. The molecule has 0 radical (unpaired) electrons. The van der Waals surface area contributed by atoms with Crippen LogP contribution in [0.1, 0.15) is 52.8 Å². The SMILES string of the molecule is O=C(O)c1ccc(C(=O)O)cc1.OCC1CCCCC1. The lowest BCUT2D eigenvalue weighted by Gasteiger charge is -2.18. The summed E-state index contributed by atoms with van der Waals surface area (Å²) in [6.45, 7) is 0.417. The van der Waals surface area contributed by atoms with Crippen molar-refractivity contribution in [2.45, 2.75) is 32.1 Å². The molecule has 20 heavy (non-hydrogen) atoms. The van der Waals surface area contributed by atoms with Gasteiger partial charge in [-0.3, -0.25) is 0 Å². The van der Waals surface area contributed by atoms with E-state index in [1.54, 1.807) is 0 Å². The van der Waals surface area contributed by atoms with Crippen molar-refractivity contribution < 1.29 is 24.9 Å². The maximum Gasteiger partial charge on any atom is 0.335 e. The van der Waals surface area contributed by atoms with Crippen molar-refractivity contribution in [3.8, 4) is 0 Å². The van der Waals surface area contributed by atoms with Crippen LogP contribution in [0.4, 0.5) is 0 Å². The van der Waals surface area contributed by atoms with Gasteiger partial charge in [-0.15, -0.1) is 0 Å². The van der Waals surface area contributed by atoms with Crippen LogP contribution in [0.3, 0.4) is 0 Å². The smallest absolute Gasteiger partial charge is 0.335 e. The maximum atomic E-state index is 10.3. The van der Waals surface area contributed by atoms with Crippen molar-refractivity contribution >= 4 is 11.9 Å². The van der Waals surface area contributed by atoms with E-state index in [9.17, 15) is 9.59 Å². The van der Waals surface area contributed by atoms with Crippen molar-refractivity contribution in [2.24, 2.45) is 5.92 Å². The van der Waals surface area contributed by atoms with Crippen LogP contribution < -0.4 is 0 Å². The van der Waals surface area contributed by atoms with Gasteiger partial charge in [0.05, 0.1) is 11.1 Å². The van der Waals surface area contributed by atoms with Crippen molar-refractivity contribution in [3.05, 3.63) is 35.4 Å². The van der Waals surface area contributed by atoms with E-state index in [-0.39, 0.29) is 11.1 Å². The minimum atomic E-state index is -1.06. The van der Waals surface area contributed by atoms with Gasteiger partial charge >= 0.3 is 11.9 Å². The van der Waals surface area contributed by atoms with Crippen molar-refractivity contribution in [3.63, 3.8) is 0 Å². The second-order valence-corrected chi connectivity index (χ2v) is 4.87. The number of rotatable bonds is 3. The Balaban J connectivity index is 0.000000217. The predicted octanol–water partition coefficient (Wildman–Crippen LogP) is 2.64. The second-order valence-electron chi connectivity index (χ2n) is 4.87. The second kappa shape index (κ2) is 8.32. The third-order valence-electron chi connectivity index (χ3n) is 3.36. The molecule has 0 spiro atoms. The molecular weight excluding hydrogens is 260 g/mol. The number of carbonyl (C=O) groups is 2. The lowest BCUT2D eigenvalue weighted by molar-refractivity contribution is 0.0681. The third kappa shape index (κ3) is 5.40. The summed E-state index contributed by atoms with van der Waals surface area (Å²) in [4.78, 5) is 20.7. The Morgan fingerprint density at radius 3 is 1.55 bits per heavy atom. The van der Waals surface area contributed by atoms with Crippen molar-refractivity contribution in [2.75, 3.05) is 6.61 Å². The Hall–Kier alpha value is -1.88. The molecule has 0 unspecified atom stereocenters. The van der Waals surface area contributed by atoms with Crippen LogP contribution in [0.2, 0.25) is 0 Å². The summed E-state index contributed by atoms with van der Waals surface area (Å²) in [6, 6.07) is 5.02. The number of hydrogen-bond donors (Lipinski definition) is 3. The van der Waals surface area contributed by atoms with Crippen molar-refractivity contribution in [1.82, 2.24) is 0 Å². The molecule has 0 bridgehead atoms. The van der Waals surface area contributed by atoms with Crippen LogP contribution >= 0.6 is 0 Å². The zero-order chi connectivity index (χ0) is 15.0. The van der Waals surface area contributed by atoms with E-state index in [2.05, 4.69) is 0 Å². The molecule has 1 aromatic rings. The zero-order valence-electron chi connectivity index (χ0n) is 11.3. The van der Waals surface area contributed by atoms with Gasteiger partial charge in [0.2, 0.25) is 0 Å². The molecule has 0 aliphatic heterocycles. The van der Waals surface area contributed by atoms with E-state index in [0.717, 1.165) is 0 Å². The highest BCUT2D eigenvalue weighted by atomic mass is 16.4. The van der Waals surface area contributed by atoms with Crippen LogP contribution in [0.5, 0.6) is 0 Å². The number of aliphatic hydroxyl groups is 1. The first kappa shape index (κ1) is 16.2. The normalized spacial score (nSPS) is 15.1. The fourth-order valence-electron chi connectivity index (χ4n) is 2.13. The first-order chi connectivity index (χ1) is 9.54. The molecule has 1 aliphatic carbocycles. The quantitative estimate of drug-likeness (QED) is 0.791. The first-order valence-electron chi connectivity index (χ1n) is 6.72. The van der Waals surface area contributed by atoms with E-state index >= 15 is 0 Å². The fraction of sp³-hybridized carbons (Fsp3) is 0.467. The molecule has 0 atom stereocenters. The summed E-state index contributed by atoms with van der Waals surface area (Å²) in [6.07, 6.45) is 6.58. The lowest BCUT2D eigenvalue weighted by atomic mass is 9.90. The number of benzene rings is 1. The molecule has 0 heterocycles. The molecule has 2 rings (SSSR count). The molecule has 0 saturated heterocycles. The summed E-state index contributed by atoms with van der Waals surface area (Å²) >= 11 is 0. The van der Waals surface area contributed by atoms with Gasteiger partial charge in [-0.2, -0.15) is 0 Å². The average Bonchev–Trinajstić information content (AvgIpc) is 2.48. The Morgan fingerprint density at radius 2 is 1.30 bits per heavy atom. The number of aromatic carboxylic acids is 2. The van der Waals surface area contributed by atoms with Crippen LogP contribution in [0, 0.1) is 5.92 Å². The molecule has 1 fully saturated rings. The van der Waals surface area contributed by atoms with Gasteiger partial charge in [0, 0.05) is 6.61 Å². The van der Waals surface area contributed by atoms with Gasteiger partial charge in [0.25, 0.3) is 0 Å². The van der Waals surface area contributed by atoms with Crippen molar-refractivity contribution in [1.29, 1.82) is 0 Å². The largest absolute Gasteiger partial charge is 0.478 e. The summed E-state index contributed by atoms with van der Waals surface area (Å²) in [5.41, 5.74) is 0.167. The van der Waals surface area contributed by atoms with Gasteiger partial charge in [0.15, 0.2) is 0 Å². The van der Waals surface area contributed by atoms with E-state index in [1.165, 1.54) is 56.4 Å². The molecule has 0 aromatic heterocycles. The third-order valence-corrected chi connectivity index (χ3v) is 3.36. The van der Waals surface area contributed by atoms with E-state index < -0.39 is 11.9 Å². The van der Waals surface area contributed by atoms with E-state index in [0.29, 0.717) is 12.5 Å². The number of aliphatic hydroxyl groups excluding tert-OH is 1. The number of hydrogen-bond acceptors (Lipinski definition) is 3. The Labute approximate surface area is 117 Å². The highest BCUT2D eigenvalue weighted by Crippen LogP contribution is 2.22. The topological polar surface area (TPSA) is 94.8 Å². The summed E-state index contributed by atoms with van der Waals surface area (Å²) in [5, 5.41) is 25.6. The van der Waals surface area contributed by atoms with Gasteiger partial charge in [-0.05, 0) is 43.0 Å². The van der Waals surface area contributed by atoms with Gasteiger partial charge in [0.1, 0.15) is 0 Å². The molecule has 1 aromatic carbocycles. The molecular formula is C15H20O5. The molecule has 110 valence electrons. The first-order valence-corrected chi connectivity index (χ1v) is 6.72. The Bertz CT molecular complexity index is 399. The summed E-state index contributed by atoms with van der Waals surface area (Å²) < 4.78 is 0. The molecule has 1 saturated carbocycles. The van der Waals surface area contributed by atoms with Gasteiger partial charge in [-0.1, -0.05) is 19.3 Å². The van der Waals surface area contributed by atoms with E-state index in [4.69, 9.17) is 15.3 Å². The molecule has 0 amide bonds. The Kier molecular flexibility index (Phi) is 6.73. The summed E-state index contributed by atoms with van der Waals surface area (Å²) in [7, 11) is 0. The number of carboxylic acids is 2. The number of carboxylic acid groups (broad SMARTS) is 2. The molecule has 3 N–H and O–H groups in total. The summed E-state index contributed by atoms with van der Waals surface area (Å²) in [5.74, 6) is -1.48. The molecule has 5 heteroatoms. The van der Waals surface area contributed by atoms with E-state index in [1.807, 2.05) is 0 Å². The monoisotopic (exact) mass is 280 g/mol. The Morgan fingerprint density at radius 1 is 0.900 bits per heavy atom. The zero-order valence-corrected chi connectivity index (χ0v) is 11.3. The fourth-order valence-corrected chi connectivity index (χ4v) is 2.13. The minimum absolute atomic E-state index is 0.0833. The average molecular weight is 280 g/mol. The molecule has 1 aliphatic rings.